The van der Waals surface area contributed by atoms with Gasteiger partial charge in [0.25, 0.3) is 0 Å². The molecule has 57 heavy (non-hydrogen) atoms. The van der Waals surface area contributed by atoms with Crippen LogP contribution in [0.3, 0.4) is 0 Å². The predicted octanol–water partition coefficient (Wildman–Crippen LogP) is 13.2. The number of furan rings is 2. The van der Waals surface area contributed by atoms with E-state index in [1.165, 1.54) is 4.70 Å². The lowest BCUT2D eigenvalue weighted by atomic mass is 10.1. The average Bonchev–Trinajstić information content (AvgIpc) is 3.97. The topological polar surface area (TPSA) is 90.7 Å². The number of rotatable bonds is 5. The summed E-state index contributed by atoms with van der Waals surface area (Å²) in [5, 5.41) is 5.13. The molecule has 5 aromatic heterocycles. The van der Waals surface area contributed by atoms with Crippen LogP contribution in [0.15, 0.2) is 173 Å². The highest BCUT2D eigenvalue weighted by molar-refractivity contribution is 7.26. The molecule has 12 aromatic rings. The summed E-state index contributed by atoms with van der Waals surface area (Å²) in [7, 11) is 0. The lowest BCUT2D eigenvalue weighted by Crippen LogP contribution is -2.00. The van der Waals surface area contributed by atoms with Gasteiger partial charge >= 0.3 is 0 Å². The summed E-state index contributed by atoms with van der Waals surface area (Å²) in [5.74, 6) is 2.32. The van der Waals surface area contributed by atoms with Crippen molar-refractivity contribution in [1.29, 1.82) is 0 Å². The third-order valence-electron chi connectivity index (χ3n) is 10.6. The van der Waals surface area contributed by atoms with Crippen LogP contribution in [0.1, 0.15) is 0 Å². The van der Waals surface area contributed by atoms with Gasteiger partial charge in [-0.2, -0.15) is 0 Å². The molecule has 0 spiro atoms. The Hall–Kier alpha value is -7.55. The van der Waals surface area contributed by atoms with Crippen molar-refractivity contribution >= 4 is 75.5 Å². The number of benzene rings is 7. The molecule has 0 aliphatic carbocycles. The van der Waals surface area contributed by atoms with Gasteiger partial charge in [0.1, 0.15) is 22.3 Å². The second-order valence-electron chi connectivity index (χ2n) is 14.0. The van der Waals surface area contributed by atoms with Crippen LogP contribution < -0.4 is 0 Å². The van der Waals surface area contributed by atoms with Crippen LogP contribution in [0.4, 0.5) is 0 Å². The fourth-order valence-corrected chi connectivity index (χ4v) is 8.99. The normalized spacial score (nSPS) is 11.9. The molecule has 8 heteroatoms. The highest BCUT2D eigenvalue weighted by Crippen LogP contribution is 2.41. The van der Waals surface area contributed by atoms with Crippen LogP contribution in [-0.2, 0) is 0 Å². The maximum Gasteiger partial charge on any atom is 0.167 e. The summed E-state index contributed by atoms with van der Waals surface area (Å²) in [6, 6.07) is 55.2. The van der Waals surface area contributed by atoms with Gasteiger partial charge in [0, 0.05) is 53.9 Å². The van der Waals surface area contributed by atoms with Crippen molar-refractivity contribution in [3.05, 3.63) is 164 Å². The highest BCUT2D eigenvalue weighted by Gasteiger charge is 2.20. The van der Waals surface area contributed by atoms with Crippen molar-refractivity contribution in [2.24, 2.45) is 0 Å². The number of hydrogen-bond donors (Lipinski definition) is 0. The minimum atomic E-state index is 0.538. The first-order valence-corrected chi connectivity index (χ1v) is 19.5. The van der Waals surface area contributed by atoms with Crippen molar-refractivity contribution in [3.8, 4) is 56.8 Å². The van der Waals surface area contributed by atoms with Gasteiger partial charge in [0.15, 0.2) is 23.3 Å². The number of fused-ring (bicyclic) bond motifs is 9. The molecule has 0 saturated heterocycles. The largest absolute Gasteiger partial charge is 0.456 e. The molecule has 0 fully saturated rings. The number of aromatic nitrogens is 5. The molecule has 0 aliphatic heterocycles. The van der Waals surface area contributed by atoms with Crippen molar-refractivity contribution in [2.45, 2.75) is 0 Å². The molecule has 0 atom stereocenters. The van der Waals surface area contributed by atoms with Crippen molar-refractivity contribution in [1.82, 2.24) is 24.9 Å². The second kappa shape index (κ2) is 12.5. The van der Waals surface area contributed by atoms with Gasteiger partial charge in [0.05, 0.1) is 21.5 Å². The molecule has 0 radical (unpaired) electrons. The molecule has 0 aliphatic rings. The van der Waals surface area contributed by atoms with Gasteiger partial charge in [0.2, 0.25) is 0 Å². The van der Waals surface area contributed by atoms with E-state index in [4.69, 9.17) is 33.8 Å². The molecule has 0 unspecified atom stereocenters. The van der Waals surface area contributed by atoms with Crippen LogP contribution in [0.25, 0.3) is 121 Å². The fraction of sp³-hybridized carbons (Fsp3) is 0. The van der Waals surface area contributed by atoms with Crippen LogP contribution >= 0.6 is 11.3 Å². The highest BCUT2D eigenvalue weighted by atomic mass is 32.1. The minimum Gasteiger partial charge on any atom is -0.456 e. The Morgan fingerprint density at radius 1 is 0.368 bits per heavy atom. The smallest absolute Gasteiger partial charge is 0.167 e. The van der Waals surface area contributed by atoms with E-state index in [-0.39, 0.29) is 0 Å². The fourth-order valence-electron chi connectivity index (χ4n) is 7.83. The molecule has 0 N–H and O–H groups in total. The SMILES string of the molecule is c1ccc(-c2nc(-c3ccc4oc5cc(-c6nc(-c7ccccc7)c7sc8ccccc8c7n6)ccc5c4c3)nc(-c3cccc4c3oc3ccccc34)n2)cc1. The van der Waals surface area contributed by atoms with E-state index in [2.05, 4.69) is 66.7 Å². The molecule has 0 bridgehead atoms. The van der Waals surface area contributed by atoms with E-state index >= 15 is 0 Å². The maximum atomic E-state index is 6.51. The Morgan fingerprint density at radius 3 is 1.86 bits per heavy atom. The van der Waals surface area contributed by atoms with Crippen LogP contribution in [-0.4, -0.2) is 24.9 Å². The van der Waals surface area contributed by atoms with E-state index in [1.54, 1.807) is 11.3 Å². The summed E-state index contributed by atoms with van der Waals surface area (Å²) in [6.07, 6.45) is 0. The van der Waals surface area contributed by atoms with E-state index in [0.29, 0.717) is 23.3 Å². The molecule has 7 nitrogen and oxygen atoms in total. The van der Waals surface area contributed by atoms with Gasteiger partial charge in [-0.3, -0.25) is 0 Å². The van der Waals surface area contributed by atoms with Crippen molar-refractivity contribution in [2.75, 3.05) is 0 Å². The lowest BCUT2D eigenvalue weighted by Gasteiger charge is -2.09. The Balaban J connectivity index is 1.00. The quantitative estimate of drug-likeness (QED) is 0.173. The molecule has 266 valence electrons. The zero-order valence-corrected chi connectivity index (χ0v) is 30.9. The monoisotopic (exact) mass is 749 g/mol. The third kappa shape index (κ3) is 5.15. The van der Waals surface area contributed by atoms with Gasteiger partial charge in [-0.25, -0.2) is 24.9 Å². The van der Waals surface area contributed by atoms with Crippen LogP contribution in [0.2, 0.25) is 0 Å². The second-order valence-corrected chi connectivity index (χ2v) is 15.1. The van der Waals surface area contributed by atoms with E-state index < -0.39 is 0 Å². The standard InChI is InChI=1S/C49H27N5O2S/c1-3-12-28(13-4-1)42-45-43(35-17-8-10-21-41(35)57-45)51-47(50-42)31-22-24-33-37-26-30(23-25-39(37)55-40(33)27-31)48-52-46(29-14-5-2-6-15-29)53-49(54-48)36-19-11-18-34-32-16-7-9-20-38(32)56-44(34)36/h1-27H. The number of nitrogens with zero attached hydrogens (tertiary/aromatic N) is 5. The summed E-state index contributed by atoms with van der Waals surface area (Å²) >= 11 is 1.73. The van der Waals surface area contributed by atoms with E-state index in [9.17, 15) is 0 Å². The maximum absolute atomic E-state index is 6.51. The molecule has 0 saturated carbocycles. The molecular weight excluding hydrogens is 723 g/mol. The predicted molar refractivity (Wildman–Crippen MR) is 230 cm³/mol. The first kappa shape index (κ1) is 31.8. The summed E-state index contributed by atoms with van der Waals surface area (Å²) in [4.78, 5) is 25.5. The van der Waals surface area contributed by atoms with Gasteiger partial charge in [-0.1, -0.05) is 115 Å². The Morgan fingerprint density at radius 2 is 1.00 bits per heavy atom. The van der Waals surface area contributed by atoms with Crippen LogP contribution in [0.5, 0.6) is 0 Å². The van der Waals surface area contributed by atoms with Gasteiger partial charge in [-0.05, 0) is 48.5 Å². The average molecular weight is 750 g/mol. The Kier molecular flexibility index (Phi) is 6.96. The third-order valence-corrected chi connectivity index (χ3v) is 11.7. The number of thiophene rings is 1. The summed E-state index contributed by atoms with van der Waals surface area (Å²) < 4.78 is 15.2. The minimum absolute atomic E-state index is 0.538. The van der Waals surface area contributed by atoms with E-state index in [1.807, 2.05) is 97.1 Å². The van der Waals surface area contributed by atoms with Gasteiger partial charge < -0.3 is 8.83 Å². The zero-order valence-electron chi connectivity index (χ0n) is 30.0. The molecular formula is C49H27N5O2S. The first-order valence-electron chi connectivity index (χ1n) is 18.7. The summed E-state index contributed by atoms with van der Waals surface area (Å²) in [6.45, 7) is 0. The van der Waals surface area contributed by atoms with Gasteiger partial charge in [-0.15, -0.1) is 11.3 Å². The molecule has 7 aromatic carbocycles. The molecule has 0 amide bonds. The zero-order chi connectivity index (χ0) is 37.5. The molecule has 5 heterocycles. The molecule has 12 rings (SSSR count). The first-order chi connectivity index (χ1) is 28.2. The number of para-hydroxylation sites is 2. The Bertz CT molecular complexity index is 3540. The lowest BCUT2D eigenvalue weighted by molar-refractivity contribution is 0.669. The van der Waals surface area contributed by atoms with Crippen molar-refractivity contribution in [3.63, 3.8) is 0 Å². The number of hydrogen-bond acceptors (Lipinski definition) is 8. The van der Waals surface area contributed by atoms with Crippen molar-refractivity contribution < 1.29 is 8.83 Å². The van der Waals surface area contributed by atoms with E-state index in [0.717, 1.165) is 93.0 Å². The summed E-state index contributed by atoms with van der Waals surface area (Å²) in [5.41, 5.74) is 9.44. The Labute approximate surface area is 328 Å². The van der Waals surface area contributed by atoms with Crippen LogP contribution in [0, 0.1) is 0 Å².